The highest BCUT2D eigenvalue weighted by molar-refractivity contribution is 14.1. The molecule has 5 aromatic carbocycles. The molecule has 0 amide bonds. The molecule has 1 heteroatoms. The first-order valence-electron chi connectivity index (χ1n) is 10.9. The average molecular weight is 520 g/mol. The van der Waals surface area contributed by atoms with E-state index < -0.39 is 0 Å². The highest BCUT2D eigenvalue weighted by atomic mass is 127. The van der Waals surface area contributed by atoms with Crippen LogP contribution < -0.4 is 0 Å². The Hall–Kier alpha value is -3.17. The third-order valence-electron chi connectivity index (χ3n) is 6.62. The molecular weight excluding hydrogens is 499 g/mol. The topological polar surface area (TPSA) is 0 Å². The molecule has 6 rings (SSSR count). The number of hydrogen-bond donors (Lipinski definition) is 0. The molecule has 32 heavy (non-hydrogen) atoms. The van der Waals surface area contributed by atoms with Crippen LogP contribution in [0.25, 0.3) is 22.3 Å². The second kappa shape index (κ2) is 7.75. The summed E-state index contributed by atoms with van der Waals surface area (Å²) in [6.07, 6.45) is 0. The lowest BCUT2D eigenvalue weighted by Gasteiger charge is -2.34. The minimum Gasteiger partial charge on any atom is -0.0622 e. The monoisotopic (exact) mass is 520 g/mol. The van der Waals surface area contributed by atoms with Crippen LogP contribution in [0, 0.1) is 3.57 Å². The van der Waals surface area contributed by atoms with Crippen molar-refractivity contribution in [2.75, 3.05) is 0 Å². The van der Waals surface area contributed by atoms with Crippen molar-refractivity contribution in [3.05, 3.63) is 153 Å². The van der Waals surface area contributed by atoms with Gasteiger partial charge in [0.1, 0.15) is 0 Å². The number of rotatable bonds is 3. The molecule has 5 aromatic rings. The third-order valence-corrected chi connectivity index (χ3v) is 7.29. The molecule has 0 saturated carbocycles. The molecule has 0 nitrogen and oxygen atoms in total. The van der Waals surface area contributed by atoms with Crippen molar-refractivity contribution in [3.63, 3.8) is 0 Å². The zero-order valence-electron chi connectivity index (χ0n) is 17.5. The summed E-state index contributed by atoms with van der Waals surface area (Å²) in [6, 6.07) is 46.5. The molecule has 0 heterocycles. The van der Waals surface area contributed by atoms with Gasteiger partial charge in [-0.15, -0.1) is 0 Å². The normalized spacial score (nSPS) is 13.4. The van der Waals surface area contributed by atoms with E-state index in [4.69, 9.17) is 0 Å². The Morgan fingerprint density at radius 1 is 0.438 bits per heavy atom. The maximum Gasteiger partial charge on any atom is 0.0714 e. The van der Waals surface area contributed by atoms with Crippen LogP contribution >= 0.6 is 22.6 Å². The first-order valence-corrected chi connectivity index (χ1v) is 12.0. The SMILES string of the molecule is Ic1ccc2c(c1)C(c1ccccc1)(c1ccccc1)c1cc(-c3ccccc3)ccc1-2. The van der Waals surface area contributed by atoms with Crippen LogP contribution in [0.5, 0.6) is 0 Å². The zero-order valence-corrected chi connectivity index (χ0v) is 19.7. The molecule has 0 atom stereocenters. The van der Waals surface area contributed by atoms with Crippen LogP contribution in [-0.2, 0) is 5.41 Å². The Labute approximate surface area is 202 Å². The van der Waals surface area contributed by atoms with Gasteiger partial charge in [-0.2, -0.15) is 0 Å². The molecule has 0 radical (unpaired) electrons. The highest BCUT2D eigenvalue weighted by Gasteiger charge is 2.46. The number of benzene rings is 5. The molecule has 0 bridgehead atoms. The molecular formula is C31H21I. The van der Waals surface area contributed by atoms with E-state index in [1.54, 1.807) is 0 Å². The number of halogens is 1. The summed E-state index contributed by atoms with van der Waals surface area (Å²) in [7, 11) is 0. The zero-order chi connectivity index (χ0) is 21.5. The predicted octanol–water partition coefficient (Wildman–Crippen LogP) is 8.32. The van der Waals surface area contributed by atoms with Crippen molar-refractivity contribution in [1.29, 1.82) is 0 Å². The maximum absolute atomic E-state index is 2.44. The van der Waals surface area contributed by atoms with Gasteiger partial charge in [0.2, 0.25) is 0 Å². The lowest BCUT2D eigenvalue weighted by Crippen LogP contribution is -2.28. The maximum atomic E-state index is 2.44. The van der Waals surface area contributed by atoms with Crippen LogP contribution in [-0.4, -0.2) is 0 Å². The summed E-state index contributed by atoms with van der Waals surface area (Å²) in [6.45, 7) is 0. The summed E-state index contributed by atoms with van der Waals surface area (Å²) in [5.74, 6) is 0. The van der Waals surface area contributed by atoms with E-state index in [2.05, 4.69) is 150 Å². The van der Waals surface area contributed by atoms with Gasteiger partial charge in [-0.25, -0.2) is 0 Å². The largest absolute Gasteiger partial charge is 0.0714 e. The van der Waals surface area contributed by atoms with Gasteiger partial charge in [0.05, 0.1) is 5.41 Å². The molecule has 0 saturated heterocycles. The fraction of sp³-hybridized carbons (Fsp3) is 0.0323. The van der Waals surface area contributed by atoms with Crippen molar-refractivity contribution < 1.29 is 0 Å². The Morgan fingerprint density at radius 2 is 0.938 bits per heavy atom. The van der Waals surface area contributed by atoms with E-state index in [0.717, 1.165) is 0 Å². The van der Waals surface area contributed by atoms with Crippen molar-refractivity contribution in [2.45, 2.75) is 5.41 Å². The molecule has 0 aliphatic heterocycles. The summed E-state index contributed by atoms with van der Waals surface area (Å²) in [4.78, 5) is 0. The van der Waals surface area contributed by atoms with Gasteiger partial charge in [-0.05, 0) is 85.3 Å². The number of fused-ring (bicyclic) bond motifs is 3. The van der Waals surface area contributed by atoms with Crippen molar-refractivity contribution in [1.82, 2.24) is 0 Å². The number of hydrogen-bond acceptors (Lipinski definition) is 0. The molecule has 152 valence electrons. The Bertz CT molecular complexity index is 1360. The van der Waals surface area contributed by atoms with Gasteiger partial charge in [0, 0.05) is 3.57 Å². The Balaban J connectivity index is 1.76. The molecule has 1 aliphatic rings. The van der Waals surface area contributed by atoms with Crippen LogP contribution in [0.1, 0.15) is 22.3 Å². The van der Waals surface area contributed by atoms with Gasteiger partial charge >= 0.3 is 0 Å². The Kier molecular flexibility index (Phi) is 4.73. The van der Waals surface area contributed by atoms with Gasteiger partial charge in [0.25, 0.3) is 0 Å². The summed E-state index contributed by atoms with van der Waals surface area (Å²) in [5, 5.41) is 0. The molecule has 0 unspecified atom stereocenters. The predicted molar refractivity (Wildman–Crippen MR) is 142 cm³/mol. The van der Waals surface area contributed by atoms with E-state index in [1.165, 1.54) is 48.1 Å². The van der Waals surface area contributed by atoms with Crippen molar-refractivity contribution in [3.8, 4) is 22.3 Å². The minimum absolute atomic E-state index is 0.348. The first kappa shape index (κ1) is 19.5. The van der Waals surface area contributed by atoms with E-state index in [9.17, 15) is 0 Å². The van der Waals surface area contributed by atoms with Gasteiger partial charge in [-0.3, -0.25) is 0 Å². The molecule has 0 aromatic heterocycles. The standard InChI is InChI=1S/C31H21I/c32-26-17-19-28-27-18-16-23(22-10-4-1-5-11-22)20-29(27)31(30(28)21-26,24-12-6-2-7-13-24)25-14-8-3-9-15-25/h1-21H. The molecule has 0 spiro atoms. The summed E-state index contributed by atoms with van der Waals surface area (Å²) < 4.78 is 1.26. The lowest BCUT2D eigenvalue weighted by molar-refractivity contribution is 0.768. The van der Waals surface area contributed by atoms with E-state index in [0.29, 0.717) is 0 Å². The second-order valence-electron chi connectivity index (χ2n) is 8.30. The lowest BCUT2D eigenvalue weighted by atomic mass is 9.67. The first-order chi connectivity index (χ1) is 15.8. The Morgan fingerprint density at radius 3 is 1.53 bits per heavy atom. The van der Waals surface area contributed by atoms with Crippen molar-refractivity contribution in [2.24, 2.45) is 0 Å². The molecule has 0 fully saturated rings. The third kappa shape index (κ3) is 2.88. The highest BCUT2D eigenvalue weighted by Crippen LogP contribution is 2.56. The van der Waals surface area contributed by atoms with E-state index in [1.807, 2.05) is 0 Å². The molecule has 0 N–H and O–H groups in total. The van der Waals surface area contributed by atoms with E-state index in [-0.39, 0.29) is 5.41 Å². The summed E-state index contributed by atoms with van der Waals surface area (Å²) in [5.41, 5.74) is 10.1. The van der Waals surface area contributed by atoms with Crippen LogP contribution in [0.2, 0.25) is 0 Å². The van der Waals surface area contributed by atoms with Gasteiger partial charge < -0.3 is 0 Å². The fourth-order valence-corrected chi connectivity index (χ4v) is 5.76. The smallest absolute Gasteiger partial charge is 0.0622 e. The van der Waals surface area contributed by atoms with Crippen LogP contribution in [0.4, 0.5) is 0 Å². The van der Waals surface area contributed by atoms with Crippen molar-refractivity contribution >= 4 is 22.6 Å². The van der Waals surface area contributed by atoms with E-state index >= 15 is 0 Å². The van der Waals surface area contributed by atoms with Gasteiger partial charge in [-0.1, -0.05) is 109 Å². The van der Waals surface area contributed by atoms with Gasteiger partial charge in [0.15, 0.2) is 0 Å². The minimum atomic E-state index is -0.348. The van der Waals surface area contributed by atoms with Crippen LogP contribution in [0.15, 0.2) is 127 Å². The second-order valence-corrected chi connectivity index (χ2v) is 9.54. The molecule has 1 aliphatic carbocycles. The van der Waals surface area contributed by atoms with Crippen LogP contribution in [0.3, 0.4) is 0 Å². The average Bonchev–Trinajstić information content (AvgIpc) is 3.15. The fourth-order valence-electron chi connectivity index (χ4n) is 5.27. The summed E-state index contributed by atoms with van der Waals surface area (Å²) >= 11 is 2.44. The quantitative estimate of drug-likeness (QED) is 0.206.